The maximum atomic E-state index is 11.9. The first kappa shape index (κ1) is 24.6. The quantitative estimate of drug-likeness (QED) is 0.284. The van der Waals surface area contributed by atoms with Gasteiger partial charge in [0.2, 0.25) is 0 Å². The van der Waals surface area contributed by atoms with Crippen molar-refractivity contribution in [3.8, 4) is 0 Å². The van der Waals surface area contributed by atoms with Gasteiger partial charge in [-0.3, -0.25) is 0 Å². The van der Waals surface area contributed by atoms with Crippen LogP contribution in [0.5, 0.6) is 0 Å². The van der Waals surface area contributed by atoms with E-state index in [0.717, 1.165) is 11.3 Å². The van der Waals surface area contributed by atoms with Crippen LogP contribution in [0.2, 0.25) is 0 Å². The highest BCUT2D eigenvalue weighted by Gasteiger charge is 2.09. The number of hydrogen-bond acceptors (Lipinski definition) is 5. The fourth-order valence-corrected chi connectivity index (χ4v) is 2.82. The molecule has 3 rings (SSSR count). The van der Waals surface area contributed by atoms with Gasteiger partial charge >= 0.3 is 11.9 Å². The Morgan fingerprint density at radius 3 is 1.72 bits per heavy atom. The van der Waals surface area contributed by atoms with Gasteiger partial charge in [-0.2, -0.15) is 0 Å². The number of nitrogens with zero attached hydrogens (tertiary/aromatic N) is 1. The summed E-state index contributed by atoms with van der Waals surface area (Å²) in [5.74, 6) is -0.0813. The highest BCUT2D eigenvalue weighted by Crippen LogP contribution is 2.18. The van der Waals surface area contributed by atoms with Crippen LogP contribution in [0.25, 0.3) is 0 Å². The van der Waals surface area contributed by atoms with E-state index in [1.165, 1.54) is 0 Å². The second-order valence-corrected chi connectivity index (χ2v) is 6.52. The van der Waals surface area contributed by atoms with Crippen molar-refractivity contribution >= 4 is 41.6 Å². The first-order valence-electron chi connectivity index (χ1n) is 10.1. The number of aliphatic imine (C=N–C) groups is 1. The molecule has 3 aromatic rings. The standard InChI is InChI=1S/C25H24N2O4.ClH/c1-3-30-24(28)19-10-14-21(15-11-19)26-23(18-8-6-5-7-9-18)27-22-16-12-20(13-17-22)25(29)31-4-2;/h5-17H,3-4H2,1-2H3,(H,26,27);1H. The molecule has 0 fully saturated rings. The van der Waals surface area contributed by atoms with Crippen molar-refractivity contribution in [1.29, 1.82) is 0 Å². The third-order valence-corrected chi connectivity index (χ3v) is 4.33. The van der Waals surface area contributed by atoms with E-state index in [2.05, 4.69) is 5.32 Å². The molecule has 0 saturated heterocycles. The van der Waals surface area contributed by atoms with Crippen LogP contribution < -0.4 is 5.32 Å². The van der Waals surface area contributed by atoms with Crippen LogP contribution in [0.3, 0.4) is 0 Å². The van der Waals surface area contributed by atoms with Crippen LogP contribution in [-0.4, -0.2) is 31.0 Å². The van der Waals surface area contributed by atoms with E-state index in [1.54, 1.807) is 62.4 Å². The van der Waals surface area contributed by atoms with E-state index in [0.29, 0.717) is 35.9 Å². The van der Waals surface area contributed by atoms with E-state index < -0.39 is 0 Å². The number of benzene rings is 3. The summed E-state index contributed by atoms with van der Waals surface area (Å²) in [6.07, 6.45) is 0. The minimum atomic E-state index is -0.360. The van der Waals surface area contributed by atoms with Gasteiger partial charge in [-0.05, 0) is 62.4 Å². The number of hydrogen-bond donors (Lipinski definition) is 1. The lowest BCUT2D eigenvalue weighted by molar-refractivity contribution is 0.0517. The zero-order valence-electron chi connectivity index (χ0n) is 17.9. The number of amidine groups is 1. The van der Waals surface area contributed by atoms with E-state index in [-0.39, 0.29) is 24.3 Å². The fraction of sp³-hybridized carbons (Fsp3) is 0.160. The molecule has 7 heteroatoms. The molecule has 0 radical (unpaired) electrons. The molecule has 0 aromatic heterocycles. The normalized spacial score (nSPS) is 10.6. The Morgan fingerprint density at radius 2 is 1.22 bits per heavy atom. The number of rotatable bonds is 7. The zero-order chi connectivity index (χ0) is 22.1. The number of esters is 2. The van der Waals surface area contributed by atoms with Gasteiger partial charge in [-0.15, -0.1) is 12.4 Å². The van der Waals surface area contributed by atoms with Gasteiger partial charge in [0.15, 0.2) is 0 Å². The predicted octanol–water partition coefficient (Wildman–Crippen LogP) is 5.65. The lowest BCUT2D eigenvalue weighted by Gasteiger charge is -2.11. The second-order valence-electron chi connectivity index (χ2n) is 6.52. The van der Waals surface area contributed by atoms with Crippen molar-refractivity contribution in [3.05, 3.63) is 95.6 Å². The maximum absolute atomic E-state index is 11.9. The first-order chi connectivity index (χ1) is 15.1. The molecule has 0 bridgehead atoms. The number of carbonyl (C=O) groups is 2. The van der Waals surface area contributed by atoms with Gasteiger partial charge in [0.1, 0.15) is 5.84 Å². The molecule has 0 aliphatic rings. The molecule has 6 nitrogen and oxygen atoms in total. The highest BCUT2D eigenvalue weighted by atomic mass is 35.5. The first-order valence-corrected chi connectivity index (χ1v) is 10.1. The van der Waals surface area contributed by atoms with Gasteiger partial charge in [-0.1, -0.05) is 30.3 Å². The summed E-state index contributed by atoms with van der Waals surface area (Å²) in [4.78, 5) is 28.4. The van der Waals surface area contributed by atoms with Crippen molar-refractivity contribution in [2.24, 2.45) is 4.99 Å². The summed E-state index contributed by atoms with van der Waals surface area (Å²) in [6.45, 7) is 4.21. The summed E-state index contributed by atoms with van der Waals surface area (Å²) < 4.78 is 10.0. The molecule has 0 atom stereocenters. The van der Waals surface area contributed by atoms with Gasteiger partial charge in [0.05, 0.1) is 30.0 Å². The third-order valence-electron chi connectivity index (χ3n) is 4.33. The van der Waals surface area contributed by atoms with Crippen LogP contribution in [0, 0.1) is 0 Å². The summed E-state index contributed by atoms with van der Waals surface area (Å²) in [5, 5.41) is 3.31. The minimum Gasteiger partial charge on any atom is -0.462 e. The van der Waals surface area contributed by atoms with Crippen molar-refractivity contribution in [1.82, 2.24) is 0 Å². The smallest absolute Gasteiger partial charge is 0.338 e. The number of halogens is 1. The van der Waals surface area contributed by atoms with Crippen molar-refractivity contribution in [2.45, 2.75) is 13.8 Å². The summed E-state index contributed by atoms with van der Waals surface area (Å²) >= 11 is 0. The Balaban J connectivity index is 0.00000363. The summed E-state index contributed by atoms with van der Waals surface area (Å²) in [5.41, 5.74) is 3.32. The van der Waals surface area contributed by atoms with Crippen molar-refractivity contribution in [3.63, 3.8) is 0 Å². The average molecular weight is 453 g/mol. The lowest BCUT2D eigenvalue weighted by atomic mass is 10.1. The van der Waals surface area contributed by atoms with Crippen LogP contribution in [0.15, 0.2) is 83.9 Å². The van der Waals surface area contributed by atoms with Gasteiger partial charge in [-0.25, -0.2) is 14.6 Å². The molecule has 0 aliphatic heterocycles. The second kappa shape index (κ2) is 12.3. The van der Waals surface area contributed by atoms with Crippen LogP contribution in [-0.2, 0) is 9.47 Å². The Hall–Kier alpha value is -3.64. The molecule has 0 spiro atoms. The number of anilines is 1. The third kappa shape index (κ3) is 6.68. The van der Waals surface area contributed by atoms with Crippen molar-refractivity contribution in [2.75, 3.05) is 18.5 Å². The zero-order valence-corrected chi connectivity index (χ0v) is 18.7. The van der Waals surface area contributed by atoms with Crippen LogP contribution in [0.1, 0.15) is 40.1 Å². The Morgan fingerprint density at radius 1 is 0.719 bits per heavy atom. The molecule has 3 aromatic carbocycles. The number of carbonyl (C=O) groups excluding carboxylic acids is 2. The van der Waals surface area contributed by atoms with Gasteiger partial charge in [0.25, 0.3) is 0 Å². The Kier molecular flexibility index (Phi) is 9.44. The number of nitrogens with one attached hydrogen (secondary N) is 1. The van der Waals surface area contributed by atoms with Gasteiger partial charge in [0, 0.05) is 11.3 Å². The molecule has 32 heavy (non-hydrogen) atoms. The summed E-state index contributed by atoms with van der Waals surface area (Å²) in [7, 11) is 0. The van der Waals surface area contributed by atoms with E-state index in [4.69, 9.17) is 14.5 Å². The molecule has 0 amide bonds. The SMILES string of the molecule is CCOC(=O)c1ccc(/N=C(/Nc2ccc(C(=O)OCC)cc2)c2ccccc2)cc1.Cl. The van der Waals surface area contributed by atoms with Crippen LogP contribution in [0.4, 0.5) is 11.4 Å². The van der Waals surface area contributed by atoms with E-state index in [9.17, 15) is 9.59 Å². The molecule has 0 saturated carbocycles. The largest absolute Gasteiger partial charge is 0.462 e. The van der Waals surface area contributed by atoms with Gasteiger partial charge < -0.3 is 14.8 Å². The Labute approximate surface area is 193 Å². The molecule has 0 aliphatic carbocycles. The topological polar surface area (TPSA) is 77.0 Å². The monoisotopic (exact) mass is 452 g/mol. The number of ether oxygens (including phenoxy) is 2. The van der Waals surface area contributed by atoms with Crippen LogP contribution >= 0.6 is 12.4 Å². The highest BCUT2D eigenvalue weighted by molar-refractivity contribution is 6.09. The van der Waals surface area contributed by atoms with E-state index >= 15 is 0 Å². The molecular weight excluding hydrogens is 428 g/mol. The summed E-state index contributed by atoms with van der Waals surface area (Å²) in [6, 6.07) is 23.6. The van der Waals surface area contributed by atoms with E-state index in [1.807, 2.05) is 30.3 Å². The molecule has 0 unspecified atom stereocenters. The average Bonchev–Trinajstić information content (AvgIpc) is 2.80. The Bertz CT molecular complexity index is 1050. The molecular formula is C25H25ClN2O4. The van der Waals surface area contributed by atoms with Crippen molar-refractivity contribution < 1.29 is 19.1 Å². The molecule has 0 heterocycles. The molecule has 166 valence electrons. The predicted molar refractivity (Wildman–Crippen MR) is 128 cm³/mol. The maximum Gasteiger partial charge on any atom is 0.338 e. The fourth-order valence-electron chi connectivity index (χ4n) is 2.82. The minimum absolute atomic E-state index is 0. The lowest BCUT2D eigenvalue weighted by Crippen LogP contribution is -2.13. The molecule has 1 N–H and O–H groups in total.